The topological polar surface area (TPSA) is 134 Å². The summed E-state index contributed by atoms with van der Waals surface area (Å²) in [6, 6.07) is 18.5. The van der Waals surface area contributed by atoms with Crippen molar-refractivity contribution in [1.29, 1.82) is 0 Å². The van der Waals surface area contributed by atoms with Crippen LogP contribution in [-0.2, 0) is 16.0 Å². The SMILES string of the molecule is Cc1cc(F)cc(C)c1OCC(=O)N[C@@H](C(N)c1ccccc1)[C@@H](O)C[C@H](Cc1ccccc1)C(=O)C(C(C)C)N1CCNC1=O. The highest BCUT2D eigenvalue weighted by Gasteiger charge is 2.40. The number of nitrogens with two attached hydrogens (primary N) is 1. The molecule has 0 spiro atoms. The van der Waals surface area contributed by atoms with Gasteiger partial charge in [0.15, 0.2) is 12.4 Å². The van der Waals surface area contributed by atoms with Gasteiger partial charge in [-0.2, -0.15) is 0 Å². The Morgan fingerprint density at radius 2 is 1.65 bits per heavy atom. The van der Waals surface area contributed by atoms with Crippen molar-refractivity contribution < 1.29 is 28.6 Å². The first-order valence-corrected chi connectivity index (χ1v) is 15.8. The maximum Gasteiger partial charge on any atom is 0.318 e. The van der Waals surface area contributed by atoms with Crippen molar-refractivity contribution in [2.45, 2.75) is 64.8 Å². The zero-order valence-electron chi connectivity index (χ0n) is 26.9. The number of ketones is 1. The van der Waals surface area contributed by atoms with Gasteiger partial charge in [0, 0.05) is 19.0 Å². The molecule has 1 aliphatic rings. The average Bonchev–Trinajstić information content (AvgIpc) is 3.44. The number of nitrogens with zero attached hydrogens (tertiary/aromatic N) is 1. The monoisotopic (exact) mass is 632 g/mol. The molecule has 5 N–H and O–H groups in total. The Morgan fingerprint density at radius 1 is 1.04 bits per heavy atom. The van der Waals surface area contributed by atoms with Crippen LogP contribution >= 0.6 is 0 Å². The van der Waals surface area contributed by atoms with Gasteiger partial charge in [0.2, 0.25) is 0 Å². The number of nitrogens with one attached hydrogen (secondary N) is 2. The molecule has 0 radical (unpaired) electrons. The third-order valence-electron chi connectivity index (χ3n) is 8.49. The predicted octanol–water partition coefficient (Wildman–Crippen LogP) is 4.23. The van der Waals surface area contributed by atoms with E-state index in [9.17, 15) is 23.9 Å². The van der Waals surface area contributed by atoms with Crippen LogP contribution < -0.4 is 21.1 Å². The van der Waals surface area contributed by atoms with E-state index in [0.29, 0.717) is 42.0 Å². The van der Waals surface area contributed by atoms with Gasteiger partial charge in [-0.25, -0.2) is 9.18 Å². The van der Waals surface area contributed by atoms with Crippen LogP contribution in [0, 0.1) is 31.5 Å². The van der Waals surface area contributed by atoms with Gasteiger partial charge in [0.25, 0.3) is 5.91 Å². The summed E-state index contributed by atoms with van der Waals surface area (Å²) in [5.41, 5.74) is 9.39. The second-order valence-electron chi connectivity index (χ2n) is 12.4. The number of hydrogen-bond acceptors (Lipinski definition) is 6. The minimum Gasteiger partial charge on any atom is -0.483 e. The maximum absolute atomic E-state index is 14.3. The highest BCUT2D eigenvalue weighted by molar-refractivity contribution is 5.91. The summed E-state index contributed by atoms with van der Waals surface area (Å²) in [6.45, 7) is 7.69. The number of aliphatic hydroxyl groups is 1. The maximum atomic E-state index is 14.3. The summed E-state index contributed by atoms with van der Waals surface area (Å²) in [5, 5.41) is 17.5. The Bertz CT molecular complexity index is 1460. The minimum absolute atomic E-state index is 0.00504. The fourth-order valence-corrected chi connectivity index (χ4v) is 6.27. The van der Waals surface area contributed by atoms with Crippen LogP contribution in [0.4, 0.5) is 9.18 Å². The highest BCUT2D eigenvalue weighted by atomic mass is 19.1. The van der Waals surface area contributed by atoms with Crippen molar-refractivity contribution in [3.63, 3.8) is 0 Å². The molecule has 5 atom stereocenters. The van der Waals surface area contributed by atoms with E-state index in [0.717, 1.165) is 5.56 Å². The number of carbonyl (C=O) groups is 3. The van der Waals surface area contributed by atoms with E-state index >= 15 is 0 Å². The molecule has 3 amide bonds. The fourth-order valence-electron chi connectivity index (χ4n) is 6.27. The molecule has 3 aromatic carbocycles. The lowest BCUT2D eigenvalue weighted by Gasteiger charge is -2.35. The van der Waals surface area contributed by atoms with Gasteiger partial charge in [0.05, 0.1) is 24.2 Å². The molecule has 0 bridgehead atoms. The molecule has 2 unspecified atom stereocenters. The minimum atomic E-state index is -1.23. The number of hydrogen-bond donors (Lipinski definition) is 4. The summed E-state index contributed by atoms with van der Waals surface area (Å²) in [4.78, 5) is 41.8. The van der Waals surface area contributed by atoms with Crippen LogP contribution in [0.5, 0.6) is 5.75 Å². The smallest absolute Gasteiger partial charge is 0.318 e. The van der Waals surface area contributed by atoms with Gasteiger partial charge >= 0.3 is 6.03 Å². The van der Waals surface area contributed by atoms with Crippen molar-refractivity contribution >= 4 is 17.7 Å². The molecule has 4 rings (SSSR count). The number of ether oxygens (including phenoxy) is 1. The number of Topliss-reactive ketones (excluding diaryl/α,β-unsaturated/α-hetero) is 1. The molecule has 0 aromatic heterocycles. The number of carbonyl (C=O) groups excluding carboxylic acids is 3. The molecule has 1 heterocycles. The Labute approximate surface area is 270 Å². The van der Waals surface area contributed by atoms with Gasteiger partial charge in [-0.3, -0.25) is 9.59 Å². The van der Waals surface area contributed by atoms with Crippen molar-refractivity contribution in [1.82, 2.24) is 15.5 Å². The van der Waals surface area contributed by atoms with E-state index < -0.39 is 41.9 Å². The van der Waals surface area contributed by atoms with Gasteiger partial charge in [0.1, 0.15) is 11.6 Å². The second kappa shape index (κ2) is 15.8. The van der Waals surface area contributed by atoms with Crippen LogP contribution in [0.2, 0.25) is 0 Å². The van der Waals surface area contributed by atoms with Gasteiger partial charge in [-0.05, 0) is 67.0 Å². The molecule has 1 fully saturated rings. The van der Waals surface area contributed by atoms with Crippen molar-refractivity contribution in [2.75, 3.05) is 19.7 Å². The number of aryl methyl sites for hydroxylation is 2. The number of urea groups is 1. The lowest BCUT2D eigenvalue weighted by Crippen LogP contribution is -2.53. The number of benzene rings is 3. The van der Waals surface area contributed by atoms with Crippen LogP contribution in [0.1, 0.15) is 48.6 Å². The lowest BCUT2D eigenvalue weighted by atomic mass is 9.81. The van der Waals surface area contributed by atoms with E-state index in [2.05, 4.69) is 10.6 Å². The third kappa shape index (κ3) is 8.70. The highest BCUT2D eigenvalue weighted by Crippen LogP contribution is 2.28. The number of amides is 3. The second-order valence-corrected chi connectivity index (χ2v) is 12.4. The normalized spacial score (nSPS) is 16.3. The summed E-state index contributed by atoms with van der Waals surface area (Å²) in [5.74, 6) is -1.52. The molecular weight excluding hydrogens is 587 g/mol. The molecule has 1 saturated heterocycles. The quantitative estimate of drug-likeness (QED) is 0.198. The summed E-state index contributed by atoms with van der Waals surface area (Å²) >= 11 is 0. The molecule has 246 valence electrons. The third-order valence-corrected chi connectivity index (χ3v) is 8.49. The van der Waals surface area contributed by atoms with Crippen molar-refractivity contribution in [2.24, 2.45) is 17.6 Å². The van der Waals surface area contributed by atoms with E-state index in [1.807, 2.05) is 74.5 Å². The van der Waals surface area contributed by atoms with Gasteiger partial charge in [-0.1, -0.05) is 74.5 Å². The molecule has 46 heavy (non-hydrogen) atoms. The summed E-state index contributed by atoms with van der Waals surface area (Å²) in [7, 11) is 0. The molecule has 1 aliphatic heterocycles. The van der Waals surface area contributed by atoms with E-state index in [4.69, 9.17) is 10.5 Å². The first-order valence-electron chi connectivity index (χ1n) is 15.8. The van der Waals surface area contributed by atoms with Crippen molar-refractivity contribution in [3.05, 3.63) is 101 Å². The Hall–Kier alpha value is -4.28. The van der Waals surface area contributed by atoms with E-state index in [-0.39, 0.29) is 30.8 Å². The molecule has 0 aliphatic carbocycles. The zero-order chi connectivity index (χ0) is 33.4. The standard InChI is InChI=1S/C36H45FN4O5/c1-22(2)33(41-16-15-39-36(41)45)34(44)27(19-25-11-7-5-8-12-25)20-29(42)32(31(38)26-13-9-6-10-14-26)40-30(43)21-46-35-23(3)17-28(37)18-24(35)4/h5-14,17-18,22,27,29,31-33,42H,15-16,19-21,38H2,1-4H3,(H,39,45)(H,40,43)/t27-,29-,31?,32+,33?/m0/s1. The molecule has 10 heteroatoms. The van der Waals surface area contributed by atoms with E-state index in [1.54, 1.807) is 18.7 Å². The molecule has 9 nitrogen and oxygen atoms in total. The number of aliphatic hydroxyl groups excluding tert-OH is 1. The van der Waals surface area contributed by atoms with Crippen LogP contribution in [0.3, 0.4) is 0 Å². The molecule has 3 aromatic rings. The Kier molecular flexibility index (Phi) is 11.9. The van der Waals surface area contributed by atoms with Gasteiger partial charge < -0.3 is 31.1 Å². The van der Waals surface area contributed by atoms with Crippen molar-refractivity contribution in [3.8, 4) is 5.75 Å². The van der Waals surface area contributed by atoms with Crippen LogP contribution in [0.15, 0.2) is 72.8 Å². The summed E-state index contributed by atoms with van der Waals surface area (Å²) in [6.07, 6.45) is -0.899. The number of halogens is 1. The first kappa shape index (κ1) is 34.6. The predicted molar refractivity (Wildman–Crippen MR) is 175 cm³/mol. The molecule has 0 saturated carbocycles. The molecular formula is C36H45FN4O5. The van der Waals surface area contributed by atoms with Gasteiger partial charge in [-0.15, -0.1) is 0 Å². The Morgan fingerprint density at radius 3 is 2.22 bits per heavy atom. The zero-order valence-corrected chi connectivity index (χ0v) is 26.9. The first-order chi connectivity index (χ1) is 22.0. The largest absolute Gasteiger partial charge is 0.483 e. The number of rotatable bonds is 15. The summed E-state index contributed by atoms with van der Waals surface area (Å²) < 4.78 is 19.6. The van der Waals surface area contributed by atoms with Crippen LogP contribution in [0.25, 0.3) is 0 Å². The van der Waals surface area contributed by atoms with E-state index in [1.165, 1.54) is 12.1 Å². The average molecular weight is 633 g/mol. The lowest BCUT2D eigenvalue weighted by molar-refractivity contribution is -0.130. The fraction of sp³-hybridized carbons (Fsp3) is 0.417. The Balaban J connectivity index is 1.60. The van der Waals surface area contributed by atoms with Crippen LogP contribution in [-0.4, -0.2) is 65.6 Å².